The van der Waals surface area contributed by atoms with Crippen LogP contribution < -0.4 is 15.9 Å². The van der Waals surface area contributed by atoms with Gasteiger partial charge in [-0.05, 0) is 67.0 Å². The summed E-state index contributed by atoms with van der Waals surface area (Å²) in [5.41, 5.74) is 0. The molecule has 3 aromatic carbocycles. The number of hydrogen-bond donors (Lipinski definition) is 0. The van der Waals surface area contributed by atoms with Gasteiger partial charge in [0.15, 0.2) is 6.16 Å². The van der Waals surface area contributed by atoms with E-state index in [2.05, 4.69) is 93.6 Å². The molecule has 3 atom stereocenters. The third-order valence-corrected chi connectivity index (χ3v) is 11.5. The summed E-state index contributed by atoms with van der Waals surface area (Å²) >= 11 is 0. The lowest BCUT2D eigenvalue weighted by molar-refractivity contribution is -0.152. The van der Waals surface area contributed by atoms with Crippen molar-refractivity contribution in [2.75, 3.05) is 6.16 Å². The average molecular weight is 460 g/mol. The zero-order valence-corrected chi connectivity index (χ0v) is 21.0. The van der Waals surface area contributed by atoms with Gasteiger partial charge >= 0.3 is 5.97 Å². The van der Waals surface area contributed by atoms with Crippen LogP contribution >= 0.6 is 7.26 Å². The van der Waals surface area contributed by atoms with Gasteiger partial charge in [-0.15, -0.1) is 0 Å². The van der Waals surface area contributed by atoms with E-state index in [1.54, 1.807) is 0 Å². The van der Waals surface area contributed by atoms with Crippen LogP contribution in [-0.4, -0.2) is 18.2 Å². The van der Waals surface area contributed by atoms with Gasteiger partial charge in [0, 0.05) is 0 Å². The summed E-state index contributed by atoms with van der Waals surface area (Å²) in [7, 11) is -2.21. The molecule has 0 aliphatic heterocycles. The summed E-state index contributed by atoms with van der Waals surface area (Å²) in [6, 6.07) is 31.7. The Morgan fingerprint density at radius 2 is 1.27 bits per heavy atom. The van der Waals surface area contributed by atoms with Crippen LogP contribution in [0, 0.1) is 17.8 Å². The second-order valence-electron chi connectivity index (χ2n) is 9.83. The highest BCUT2D eigenvalue weighted by Gasteiger charge is 2.48. The second kappa shape index (κ2) is 10.7. The lowest BCUT2D eigenvalue weighted by Gasteiger charge is -2.37. The van der Waals surface area contributed by atoms with Crippen LogP contribution in [0.4, 0.5) is 0 Å². The van der Waals surface area contributed by atoms with Crippen LogP contribution in [0.25, 0.3) is 0 Å². The number of carbonyl (C=O) groups is 1. The van der Waals surface area contributed by atoms with Gasteiger partial charge in [-0.3, -0.25) is 0 Å². The zero-order valence-electron chi connectivity index (χ0n) is 20.1. The van der Waals surface area contributed by atoms with Gasteiger partial charge in [-0.1, -0.05) is 81.8 Å². The van der Waals surface area contributed by atoms with Crippen molar-refractivity contribution < 1.29 is 9.53 Å². The van der Waals surface area contributed by atoms with E-state index in [1.807, 2.05) is 18.2 Å². The first kappa shape index (κ1) is 23.7. The van der Waals surface area contributed by atoms with Gasteiger partial charge in [0.05, 0.1) is 0 Å². The van der Waals surface area contributed by atoms with Crippen LogP contribution in [0.5, 0.6) is 0 Å². The molecule has 172 valence electrons. The molecule has 1 saturated carbocycles. The summed E-state index contributed by atoms with van der Waals surface area (Å²) in [6.07, 6.45) is 3.76. The Morgan fingerprint density at radius 3 is 1.70 bits per heavy atom. The van der Waals surface area contributed by atoms with Crippen molar-refractivity contribution >= 4 is 29.1 Å². The SMILES string of the molecule is CC(C)[C@H]1CC[C@@H](C)C[C@H]1OC(=O)C[P+](c1ccccc1)(c1ccccc1)c1ccccc1. The van der Waals surface area contributed by atoms with Gasteiger partial charge in [0.1, 0.15) is 29.3 Å². The number of esters is 1. The van der Waals surface area contributed by atoms with Crippen LogP contribution in [-0.2, 0) is 9.53 Å². The third kappa shape index (κ3) is 5.22. The second-order valence-corrected chi connectivity index (χ2v) is 13.3. The van der Waals surface area contributed by atoms with E-state index in [1.165, 1.54) is 22.3 Å². The van der Waals surface area contributed by atoms with E-state index in [0.717, 1.165) is 12.8 Å². The van der Waals surface area contributed by atoms with Crippen molar-refractivity contribution in [2.45, 2.75) is 46.1 Å². The summed E-state index contributed by atoms with van der Waals surface area (Å²) in [6.45, 7) is 6.81. The predicted molar refractivity (Wildman–Crippen MR) is 141 cm³/mol. The molecule has 1 fully saturated rings. The minimum Gasteiger partial charge on any atom is -0.459 e. The molecule has 1 aliphatic rings. The Hall–Kier alpha value is -2.44. The maximum Gasteiger partial charge on any atom is 0.345 e. The highest BCUT2D eigenvalue weighted by Crippen LogP contribution is 2.55. The molecule has 4 rings (SSSR count). The number of carbonyl (C=O) groups excluding carboxylic acids is 1. The summed E-state index contributed by atoms with van der Waals surface area (Å²) in [4.78, 5) is 13.7. The Kier molecular flexibility index (Phi) is 7.66. The predicted octanol–water partition coefficient (Wildman–Crippen LogP) is 5.98. The Balaban J connectivity index is 1.75. The fourth-order valence-corrected chi connectivity index (χ4v) is 9.37. The molecule has 0 bridgehead atoms. The molecule has 2 nitrogen and oxygen atoms in total. The molecule has 0 heterocycles. The topological polar surface area (TPSA) is 26.3 Å². The van der Waals surface area contributed by atoms with Crippen molar-refractivity contribution in [1.82, 2.24) is 0 Å². The van der Waals surface area contributed by atoms with Gasteiger partial charge < -0.3 is 4.74 Å². The summed E-state index contributed by atoms with van der Waals surface area (Å²) < 4.78 is 6.34. The van der Waals surface area contributed by atoms with E-state index < -0.39 is 7.26 Å². The molecule has 0 unspecified atom stereocenters. The minimum absolute atomic E-state index is 0.0190. The van der Waals surface area contributed by atoms with E-state index in [0.29, 0.717) is 23.9 Å². The van der Waals surface area contributed by atoms with Crippen molar-refractivity contribution in [1.29, 1.82) is 0 Å². The summed E-state index contributed by atoms with van der Waals surface area (Å²) in [5, 5.41) is 3.66. The molecular weight excluding hydrogens is 423 g/mol. The van der Waals surface area contributed by atoms with Gasteiger partial charge in [-0.2, -0.15) is 0 Å². The number of rotatable bonds is 7. The lowest BCUT2D eigenvalue weighted by Crippen LogP contribution is -2.40. The van der Waals surface area contributed by atoms with Gasteiger partial charge in [0.25, 0.3) is 0 Å². The van der Waals surface area contributed by atoms with E-state index >= 15 is 0 Å². The molecule has 3 aromatic rings. The third-order valence-electron chi connectivity index (χ3n) is 7.20. The highest BCUT2D eigenvalue weighted by molar-refractivity contribution is 7.96. The lowest BCUT2D eigenvalue weighted by atomic mass is 9.75. The molecule has 1 aliphatic carbocycles. The molecule has 0 amide bonds. The fraction of sp³-hybridized carbons (Fsp3) is 0.367. The number of hydrogen-bond acceptors (Lipinski definition) is 2. The monoisotopic (exact) mass is 459 g/mol. The van der Waals surface area contributed by atoms with Crippen LogP contribution in [0.3, 0.4) is 0 Å². The summed E-state index contributed by atoms with van der Waals surface area (Å²) in [5.74, 6) is 1.51. The normalized spacial score (nSPS) is 21.0. The molecule has 3 heteroatoms. The van der Waals surface area contributed by atoms with Crippen LogP contribution in [0.1, 0.15) is 40.0 Å². The molecular formula is C30H36O2P+. The fourth-order valence-electron chi connectivity index (χ4n) is 5.42. The average Bonchev–Trinajstić information content (AvgIpc) is 2.84. The minimum atomic E-state index is -2.21. The van der Waals surface area contributed by atoms with E-state index in [4.69, 9.17) is 4.74 Å². The van der Waals surface area contributed by atoms with Crippen LogP contribution in [0.15, 0.2) is 91.0 Å². The zero-order chi connectivity index (χ0) is 23.3. The maximum absolute atomic E-state index is 13.7. The highest BCUT2D eigenvalue weighted by atomic mass is 31.2. The Labute approximate surface area is 199 Å². The van der Waals surface area contributed by atoms with Crippen molar-refractivity contribution in [3.63, 3.8) is 0 Å². The maximum atomic E-state index is 13.7. The Bertz CT molecular complexity index is 920. The van der Waals surface area contributed by atoms with Gasteiger partial charge in [-0.25, -0.2) is 4.79 Å². The van der Waals surface area contributed by atoms with Crippen molar-refractivity contribution in [3.8, 4) is 0 Å². The molecule has 0 N–H and O–H groups in total. The van der Waals surface area contributed by atoms with E-state index in [9.17, 15) is 4.79 Å². The molecule has 0 aromatic heterocycles. The molecule has 0 spiro atoms. The first-order valence-corrected chi connectivity index (χ1v) is 14.2. The quantitative estimate of drug-likeness (QED) is 0.321. The van der Waals surface area contributed by atoms with Crippen LogP contribution in [0.2, 0.25) is 0 Å². The molecule has 33 heavy (non-hydrogen) atoms. The molecule has 0 radical (unpaired) electrons. The first-order chi connectivity index (χ1) is 16.0. The number of ether oxygens (including phenoxy) is 1. The van der Waals surface area contributed by atoms with Gasteiger partial charge in [0.2, 0.25) is 0 Å². The molecule has 0 saturated heterocycles. The Morgan fingerprint density at radius 1 is 0.818 bits per heavy atom. The van der Waals surface area contributed by atoms with Crippen molar-refractivity contribution in [3.05, 3.63) is 91.0 Å². The smallest absolute Gasteiger partial charge is 0.345 e. The first-order valence-electron chi connectivity index (χ1n) is 12.2. The van der Waals surface area contributed by atoms with Crippen molar-refractivity contribution in [2.24, 2.45) is 17.8 Å². The largest absolute Gasteiger partial charge is 0.459 e. The number of benzene rings is 3. The standard InChI is InChI=1S/C30H36O2P/c1-23(2)28-20-19-24(3)21-29(28)32-30(31)22-33(25-13-7-4-8-14-25,26-15-9-5-10-16-26)27-17-11-6-12-18-27/h4-18,23-24,28-29H,19-22H2,1-3H3/q+1/t24-,28-,29-/m1/s1. The van der Waals surface area contributed by atoms with E-state index in [-0.39, 0.29) is 12.1 Å².